The van der Waals surface area contributed by atoms with Gasteiger partial charge in [-0.25, -0.2) is 4.39 Å². The van der Waals surface area contributed by atoms with Gasteiger partial charge in [0.1, 0.15) is 23.6 Å². The monoisotopic (exact) mass is 437 g/mol. The number of ether oxygens (including phenoxy) is 5. The summed E-state index contributed by atoms with van der Waals surface area (Å²) in [6, 6.07) is 5.51. The Kier molecular flexibility index (Phi) is 6.19. The van der Waals surface area contributed by atoms with Gasteiger partial charge in [0.15, 0.2) is 29.7 Å². The lowest BCUT2D eigenvalue weighted by Gasteiger charge is -2.25. The Morgan fingerprint density at radius 3 is 2.87 bits per heavy atom. The van der Waals surface area contributed by atoms with Crippen LogP contribution in [0.5, 0.6) is 17.2 Å². The van der Waals surface area contributed by atoms with E-state index >= 15 is 4.39 Å². The number of fused-ring (bicyclic) bond motifs is 2. The van der Waals surface area contributed by atoms with Crippen molar-refractivity contribution in [2.45, 2.75) is 38.0 Å². The van der Waals surface area contributed by atoms with Crippen molar-refractivity contribution in [1.29, 1.82) is 0 Å². The molecular weight excluding hydrogens is 413 g/mol. The van der Waals surface area contributed by atoms with E-state index in [0.717, 1.165) is 6.42 Å². The summed E-state index contributed by atoms with van der Waals surface area (Å²) in [5, 5.41) is 3.22. The number of para-hydroxylation sites is 1. The lowest BCUT2D eigenvalue weighted by molar-refractivity contribution is -0.0620. The van der Waals surface area contributed by atoms with Crippen LogP contribution in [-0.4, -0.2) is 55.4 Å². The summed E-state index contributed by atoms with van der Waals surface area (Å²) < 4.78 is 44.7. The number of methoxy groups -OCH3 is 2. The average Bonchev–Trinajstić information content (AvgIpc) is 3.05. The first-order valence-corrected chi connectivity index (χ1v) is 10.1. The molecule has 0 bridgehead atoms. The normalized spacial score (nSPS) is 24.5. The van der Waals surface area contributed by atoms with Crippen LogP contribution in [0.15, 0.2) is 24.4 Å². The SMILES string of the molecule is CCCOc1cccc2c1Nc1nc(=S)n([C@@H]3O[C@H](COC)C(OC)[C@@H]3F)cc1O2. The van der Waals surface area contributed by atoms with Gasteiger partial charge < -0.3 is 29.0 Å². The number of hydrogen-bond donors (Lipinski definition) is 1. The third-order valence-electron chi connectivity index (χ3n) is 4.98. The molecule has 2 aliphatic rings. The number of alkyl halides is 1. The quantitative estimate of drug-likeness (QED) is 0.553. The topological polar surface area (TPSA) is 76.0 Å². The fourth-order valence-corrected chi connectivity index (χ4v) is 3.83. The molecule has 4 atom stereocenters. The maximum atomic E-state index is 15.1. The molecule has 0 amide bonds. The van der Waals surface area contributed by atoms with E-state index in [1.54, 1.807) is 6.20 Å². The van der Waals surface area contributed by atoms with Crippen molar-refractivity contribution in [2.75, 3.05) is 32.8 Å². The molecule has 4 rings (SSSR count). The second-order valence-corrected chi connectivity index (χ2v) is 7.38. The highest BCUT2D eigenvalue weighted by molar-refractivity contribution is 7.71. The highest BCUT2D eigenvalue weighted by Crippen LogP contribution is 2.46. The maximum absolute atomic E-state index is 15.1. The second-order valence-electron chi connectivity index (χ2n) is 7.01. The third kappa shape index (κ3) is 3.76. The number of aromatic nitrogens is 2. The van der Waals surface area contributed by atoms with Crippen LogP contribution < -0.4 is 14.8 Å². The number of anilines is 2. The van der Waals surface area contributed by atoms with Crippen LogP contribution in [-0.2, 0) is 14.2 Å². The zero-order valence-electron chi connectivity index (χ0n) is 17.0. The summed E-state index contributed by atoms with van der Waals surface area (Å²) in [6.45, 7) is 2.82. The van der Waals surface area contributed by atoms with Crippen LogP contribution in [0, 0.1) is 4.77 Å². The minimum Gasteiger partial charge on any atom is -0.491 e. The van der Waals surface area contributed by atoms with E-state index in [1.165, 1.54) is 18.8 Å². The van der Waals surface area contributed by atoms with Gasteiger partial charge in [0.2, 0.25) is 4.77 Å². The first-order valence-electron chi connectivity index (χ1n) is 9.72. The zero-order chi connectivity index (χ0) is 21.3. The van der Waals surface area contributed by atoms with Crippen molar-refractivity contribution in [3.63, 3.8) is 0 Å². The van der Waals surface area contributed by atoms with E-state index in [1.807, 2.05) is 25.1 Å². The molecule has 1 aromatic heterocycles. The summed E-state index contributed by atoms with van der Waals surface area (Å²) in [5.74, 6) is 2.08. The van der Waals surface area contributed by atoms with Gasteiger partial charge in [-0.2, -0.15) is 4.98 Å². The predicted molar refractivity (Wildman–Crippen MR) is 110 cm³/mol. The molecule has 1 unspecified atom stereocenters. The van der Waals surface area contributed by atoms with Crippen LogP contribution >= 0.6 is 12.2 Å². The van der Waals surface area contributed by atoms with E-state index in [2.05, 4.69) is 10.3 Å². The smallest absolute Gasteiger partial charge is 0.203 e. The van der Waals surface area contributed by atoms with E-state index in [4.69, 9.17) is 35.9 Å². The van der Waals surface area contributed by atoms with Crippen LogP contribution in [0.25, 0.3) is 0 Å². The molecule has 30 heavy (non-hydrogen) atoms. The van der Waals surface area contributed by atoms with Crippen molar-refractivity contribution in [2.24, 2.45) is 0 Å². The molecule has 2 aromatic rings. The molecule has 2 aliphatic heterocycles. The van der Waals surface area contributed by atoms with Gasteiger partial charge in [0, 0.05) is 14.2 Å². The summed E-state index contributed by atoms with van der Waals surface area (Å²) in [7, 11) is 2.97. The highest BCUT2D eigenvalue weighted by atomic mass is 32.1. The molecule has 0 saturated carbocycles. The Morgan fingerprint density at radius 1 is 1.30 bits per heavy atom. The summed E-state index contributed by atoms with van der Waals surface area (Å²) >= 11 is 5.41. The van der Waals surface area contributed by atoms with Crippen LogP contribution in [0.3, 0.4) is 0 Å². The van der Waals surface area contributed by atoms with Gasteiger partial charge in [0.05, 0.1) is 19.4 Å². The van der Waals surface area contributed by atoms with Gasteiger partial charge in [0.25, 0.3) is 0 Å². The number of hydrogen-bond acceptors (Lipinski definition) is 8. The zero-order valence-corrected chi connectivity index (χ0v) is 17.8. The second kappa shape index (κ2) is 8.84. The predicted octanol–water partition coefficient (Wildman–Crippen LogP) is 4.15. The van der Waals surface area contributed by atoms with Crippen molar-refractivity contribution in [3.8, 4) is 17.2 Å². The van der Waals surface area contributed by atoms with Crippen molar-refractivity contribution >= 4 is 23.7 Å². The lowest BCUT2D eigenvalue weighted by atomic mass is 10.1. The van der Waals surface area contributed by atoms with Gasteiger partial charge in [-0.1, -0.05) is 13.0 Å². The van der Waals surface area contributed by atoms with Gasteiger partial charge >= 0.3 is 0 Å². The van der Waals surface area contributed by atoms with E-state index < -0.39 is 24.6 Å². The number of rotatable bonds is 7. The van der Waals surface area contributed by atoms with Crippen molar-refractivity contribution in [3.05, 3.63) is 29.2 Å². The number of nitrogens with zero attached hydrogens (tertiary/aromatic N) is 2. The Labute approximate surface area is 178 Å². The summed E-state index contributed by atoms with van der Waals surface area (Å²) in [4.78, 5) is 4.40. The number of halogens is 1. The molecule has 8 nitrogen and oxygen atoms in total. The molecule has 0 radical (unpaired) electrons. The first-order chi connectivity index (χ1) is 14.6. The fourth-order valence-electron chi connectivity index (χ4n) is 3.58. The number of nitrogens with one attached hydrogen (secondary N) is 1. The summed E-state index contributed by atoms with van der Waals surface area (Å²) in [5.41, 5.74) is 0.679. The molecule has 1 N–H and O–H groups in total. The Morgan fingerprint density at radius 2 is 2.13 bits per heavy atom. The molecule has 1 aromatic carbocycles. The minimum atomic E-state index is -1.44. The molecule has 10 heteroatoms. The van der Waals surface area contributed by atoms with E-state index in [-0.39, 0.29) is 11.4 Å². The Bertz CT molecular complexity index is 972. The van der Waals surface area contributed by atoms with Crippen LogP contribution in [0.2, 0.25) is 0 Å². The van der Waals surface area contributed by atoms with E-state index in [0.29, 0.717) is 35.4 Å². The standard InChI is InChI=1S/C20H24FN3O5S/c1-4-8-27-11-6-5-7-12-16(11)22-18-13(28-12)9-24(20(30)23-18)19-15(21)17(26-3)14(29-19)10-25-2/h5-7,9,14-15,17,19H,4,8,10H2,1-3H3,(H,22,23,30)/t14-,15+,17?,19-/m1/s1. The van der Waals surface area contributed by atoms with Gasteiger partial charge in [-0.05, 0) is 30.8 Å². The molecule has 1 saturated heterocycles. The van der Waals surface area contributed by atoms with Gasteiger partial charge in [-0.15, -0.1) is 0 Å². The highest BCUT2D eigenvalue weighted by Gasteiger charge is 2.46. The molecular formula is C20H24FN3O5S. The maximum Gasteiger partial charge on any atom is 0.203 e. The first kappa shape index (κ1) is 21.0. The molecule has 3 heterocycles. The fraction of sp³-hybridized carbons (Fsp3) is 0.500. The van der Waals surface area contributed by atoms with Crippen molar-refractivity contribution < 1.29 is 28.1 Å². The lowest BCUT2D eigenvalue weighted by Crippen LogP contribution is -2.33. The van der Waals surface area contributed by atoms with Crippen LogP contribution in [0.1, 0.15) is 19.6 Å². The largest absolute Gasteiger partial charge is 0.491 e. The molecule has 1 fully saturated rings. The van der Waals surface area contributed by atoms with Crippen LogP contribution in [0.4, 0.5) is 15.9 Å². The Balaban J connectivity index is 1.64. The summed E-state index contributed by atoms with van der Waals surface area (Å²) in [6.07, 6.45) is -1.29. The average molecular weight is 437 g/mol. The molecule has 0 spiro atoms. The van der Waals surface area contributed by atoms with E-state index in [9.17, 15) is 0 Å². The molecule has 0 aliphatic carbocycles. The number of benzene rings is 1. The molecule has 162 valence electrons. The minimum absolute atomic E-state index is 0.154. The van der Waals surface area contributed by atoms with Gasteiger partial charge in [-0.3, -0.25) is 4.57 Å². The Hall–Kier alpha value is -2.27. The van der Waals surface area contributed by atoms with Crippen molar-refractivity contribution in [1.82, 2.24) is 9.55 Å². The third-order valence-corrected chi connectivity index (χ3v) is 5.28.